The highest BCUT2D eigenvalue weighted by atomic mass is 16.5. The molecule has 2 aliphatic rings. The molecule has 0 aromatic heterocycles. The Morgan fingerprint density at radius 1 is 1.17 bits per heavy atom. The first-order chi connectivity index (χ1) is 8.75. The third-order valence-electron chi connectivity index (χ3n) is 4.46. The maximum absolute atomic E-state index is 10.5. The van der Waals surface area contributed by atoms with Crippen molar-refractivity contribution in [3.8, 4) is 0 Å². The van der Waals surface area contributed by atoms with Crippen molar-refractivity contribution in [3.63, 3.8) is 0 Å². The number of hydrogen-bond donors (Lipinski definition) is 2. The number of nitrogens with one attached hydrogen (secondary N) is 1. The van der Waals surface area contributed by atoms with Crippen LogP contribution in [0, 0.1) is 11.8 Å². The molecule has 104 valence electrons. The van der Waals surface area contributed by atoms with Crippen LogP contribution in [0.3, 0.4) is 0 Å². The Hall–Kier alpha value is -0.610. The minimum atomic E-state index is -0.391. The van der Waals surface area contributed by atoms with Crippen LogP contribution in [0.5, 0.6) is 0 Å². The number of carbonyl (C=O) groups is 1. The molecule has 0 aliphatic heterocycles. The average molecular weight is 254 g/mol. The fraction of sp³-hybridized carbons (Fsp3) is 0.929. The van der Waals surface area contributed by atoms with Crippen molar-refractivity contribution in [2.45, 2.75) is 51.0 Å². The molecule has 0 saturated heterocycles. The molecular weight excluding hydrogens is 228 g/mol. The Bertz CT molecular complexity index is 271. The molecule has 3 atom stereocenters. The van der Waals surface area contributed by atoms with Crippen LogP contribution in [0.15, 0.2) is 0 Å². The van der Waals surface area contributed by atoms with E-state index in [0.29, 0.717) is 12.6 Å². The van der Waals surface area contributed by atoms with Crippen molar-refractivity contribution < 1.29 is 9.53 Å². The van der Waals surface area contributed by atoms with Gasteiger partial charge in [0, 0.05) is 12.6 Å². The van der Waals surface area contributed by atoms with Crippen molar-refractivity contribution in [2.75, 3.05) is 19.8 Å². The van der Waals surface area contributed by atoms with Gasteiger partial charge in [-0.05, 0) is 31.1 Å². The Labute approximate surface area is 110 Å². The fourth-order valence-corrected chi connectivity index (χ4v) is 3.57. The van der Waals surface area contributed by atoms with Crippen molar-refractivity contribution in [1.29, 1.82) is 0 Å². The molecule has 3 N–H and O–H groups in total. The summed E-state index contributed by atoms with van der Waals surface area (Å²) in [6.45, 7) is 1.44. The molecular formula is C14H26N2O2. The quantitative estimate of drug-likeness (QED) is 0.705. The summed E-state index contributed by atoms with van der Waals surface area (Å²) >= 11 is 0. The molecule has 0 radical (unpaired) electrons. The van der Waals surface area contributed by atoms with Crippen molar-refractivity contribution in [1.82, 2.24) is 5.32 Å². The lowest BCUT2D eigenvalue weighted by atomic mass is 9.69. The van der Waals surface area contributed by atoms with Crippen LogP contribution in [-0.2, 0) is 9.53 Å². The zero-order valence-electron chi connectivity index (χ0n) is 11.2. The Morgan fingerprint density at radius 2 is 1.94 bits per heavy atom. The molecule has 0 aromatic carbocycles. The van der Waals surface area contributed by atoms with Gasteiger partial charge < -0.3 is 15.8 Å². The van der Waals surface area contributed by atoms with E-state index in [1.54, 1.807) is 0 Å². The zero-order chi connectivity index (χ0) is 12.8. The second-order valence-corrected chi connectivity index (χ2v) is 5.79. The Kier molecular flexibility index (Phi) is 5.45. The smallest absolute Gasteiger partial charge is 0.243 e. The predicted octanol–water partition coefficient (Wildman–Crippen LogP) is 1.44. The SMILES string of the molecule is NC(=O)COCCNC1CCC2CCCCC2C1. The van der Waals surface area contributed by atoms with E-state index >= 15 is 0 Å². The van der Waals surface area contributed by atoms with Crippen LogP contribution in [-0.4, -0.2) is 31.7 Å². The first-order valence-corrected chi connectivity index (χ1v) is 7.35. The number of nitrogens with two attached hydrogens (primary N) is 1. The summed E-state index contributed by atoms with van der Waals surface area (Å²) in [6.07, 6.45) is 9.79. The summed E-state index contributed by atoms with van der Waals surface area (Å²) < 4.78 is 5.16. The van der Waals surface area contributed by atoms with Gasteiger partial charge >= 0.3 is 0 Å². The molecule has 18 heavy (non-hydrogen) atoms. The van der Waals surface area contributed by atoms with E-state index in [1.165, 1.54) is 44.9 Å². The van der Waals surface area contributed by atoms with Crippen LogP contribution < -0.4 is 11.1 Å². The lowest BCUT2D eigenvalue weighted by molar-refractivity contribution is -0.122. The number of primary amides is 1. The van der Waals surface area contributed by atoms with Gasteiger partial charge in [0.05, 0.1) is 6.61 Å². The van der Waals surface area contributed by atoms with Crippen LogP contribution in [0.25, 0.3) is 0 Å². The number of carbonyl (C=O) groups excluding carboxylic acids is 1. The van der Waals surface area contributed by atoms with E-state index in [-0.39, 0.29) is 6.61 Å². The van der Waals surface area contributed by atoms with Gasteiger partial charge in [-0.25, -0.2) is 0 Å². The highest BCUT2D eigenvalue weighted by molar-refractivity contribution is 5.74. The van der Waals surface area contributed by atoms with E-state index in [0.717, 1.165) is 18.4 Å². The number of rotatable bonds is 6. The summed E-state index contributed by atoms with van der Waals surface area (Å²) in [4.78, 5) is 10.5. The summed E-state index contributed by atoms with van der Waals surface area (Å²) in [5.41, 5.74) is 5.01. The molecule has 0 spiro atoms. The van der Waals surface area contributed by atoms with E-state index < -0.39 is 5.91 Å². The zero-order valence-corrected chi connectivity index (χ0v) is 11.2. The topological polar surface area (TPSA) is 64.4 Å². The molecule has 2 rings (SSSR count). The highest BCUT2D eigenvalue weighted by Gasteiger charge is 2.31. The molecule has 1 amide bonds. The van der Waals surface area contributed by atoms with Gasteiger partial charge in [0.1, 0.15) is 6.61 Å². The first-order valence-electron chi connectivity index (χ1n) is 7.35. The van der Waals surface area contributed by atoms with Gasteiger partial charge in [-0.15, -0.1) is 0 Å². The van der Waals surface area contributed by atoms with Crippen molar-refractivity contribution >= 4 is 5.91 Å². The molecule has 4 heteroatoms. The summed E-state index contributed by atoms with van der Waals surface area (Å²) in [7, 11) is 0. The molecule has 2 saturated carbocycles. The number of fused-ring (bicyclic) bond motifs is 1. The van der Waals surface area contributed by atoms with Gasteiger partial charge in [0.2, 0.25) is 5.91 Å². The van der Waals surface area contributed by atoms with E-state index in [9.17, 15) is 4.79 Å². The maximum atomic E-state index is 10.5. The lowest BCUT2D eigenvalue weighted by Gasteiger charge is -2.39. The van der Waals surface area contributed by atoms with Gasteiger partial charge in [-0.1, -0.05) is 25.7 Å². The number of hydrogen-bond acceptors (Lipinski definition) is 3. The van der Waals surface area contributed by atoms with Gasteiger partial charge in [-0.2, -0.15) is 0 Å². The first kappa shape index (κ1) is 13.8. The van der Waals surface area contributed by atoms with Crippen molar-refractivity contribution in [2.24, 2.45) is 17.6 Å². The molecule has 3 unspecified atom stereocenters. The van der Waals surface area contributed by atoms with Gasteiger partial charge in [-0.3, -0.25) is 4.79 Å². The van der Waals surface area contributed by atoms with Crippen LogP contribution in [0.4, 0.5) is 0 Å². The molecule has 4 nitrogen and oxygen atoms in total. The highest BCUT2D eigenvalue weighted by Crippen LogP contribution is 2.40. The third-order valence-corrected chi connectivity index (χ3v) is 4.46. The van der Waals surface area contributed by atoms with Crippen LogP contribution >= 0.6 is 0 Å². The van der Waals surface area contributed by atoms with Crippen molar-refractivity contribution in [3.05, 3.63) is 0 Å². The molecule has 2 fully saturated rings. The van der Waals surface area contributed by atoms with Crippen LogP contribution in [0.2, 0.25) is 0 Å². The third kappa shape index (κ3) is 4.25. The summed E-state index contributed by atoms with van der Waals surface area (Å²) in [5.74, 6) is 1.57. The summed E-state index contributed by atoms with van der Waals surface area (Å²) in [5, 5.41) is 3.55. The monoisotopic (exact) mass is 254 g/mol. The van der Waals surface area contributed by atoms with E-state index in [4.69, 9.17) is 10.5 Å². The largest absolute Gasteiger partial charge is 0.370 e. The molecule has 0 aromatic rings. The fourth-order valence-electron chi connectivity index (χ4n) is 3.57. The average Bonchev–Trinajstić information content (AvgIpc) is 2.38. The maximum Gasteiger partial charge on any atom is 0.243 e. The molecule has 0 bridgehead atoms. The van der Waals surface area contributed by atoms with E-state index in [2.05, 4.69) is 5.32 Å². The minimum Gasteiger partial charge on any atom is -0.370 e. The standard InChI is InChI=1S/C14H26N2O2/c15-14(17)10-18-8-7-16-13-6-5-11-3-1-2-4-12(11)9-13/h11-13,16H,1-10H2,(H2,15,17). The Morgan fingerprint density at radius 3 is 2.72 bits per heavy atom. The predicted molar refractivity (Wildman–Crippen MR) is 71.1 cm³/mol. The minimum absolute atomic E-state index is 0.0387. The Balaban J connectivity index is 1.58. The molecule has 2 aliphatic carbocycles. The van der Waals surface area contributed by atoms with E-state index in [1.807, 2.05) is 0 Å². The lowest BCUT2D eigenvalue weighted by Crippen LogP contribution is -2.40. The normalized spacial score (nSPS) is 31.9. The second kappa shape index (κ2) is 7.10. The van der Waals surface area contributed by atoms with Crippen LogP contribution in [0.1, 0.15) is 44.9 Å². The molecule has 0 heterocycles. The number of amides is 1. The summed E-state index contributed by atoms with van der Waals surface area (Å²) in [6, 6.07) is 0.654. The van der Waals surface area contributed by atoms with Gasteiger partial charge in [0.15, 0.2) is 0 Å². The second-order valence-electron chi connectivity index (χ2n) is 5.79. The number of ether oxygens (including phenoxy) is 1. The van der Waals surface area contributed by atoms with Gasteiger partial charge in [0.25, 0.3) is 0 Å².